The topological polar surface area (TPSA) is 51.2 Å². The molecule has 2 rings (SSSR count). The molecule has 1 aliphatic rings. The zero-order valence-electron chi connectivity index (χ0n) is 10.4. The van der Waals surface area contributed by atoms with E-state index in [2.05, 4.69) is 9.71 Å². The van der Waals surface area contributed by atoms with Gasteiger partial charge in [-0.15, -0.1) is 0 Å². The van der Waals surface area contributed by atoms with Gasteiger partial charge in [0.05, 0.1) is 28.9 Å². The number of aromatic nitrogens is 1. The molecule has 0 spiro atoms. The molecule has 0 unspecified atom stereocenters. The SMILES string of the molecule is CC(C)(C)[S@](=O)NC1(c2cccnc2)COC1. The second-order valence-electron chi connectivity index (χ2n) is 5.30. The highest BCUT2D eigenvalue weighted by Gasteiger charge is 2.43. The van der Waals surface area contributed by atoms with Crippen molar-refractivity contribution in [2.24, 2.45) is 0 Å². The number of rotatable bonds is 3. The normalized spacial score (nSPS) is 20.6. The molecule has 1 aromatic heterocycles. The van der Waals surface area contributed by atoms with Crippen molar-refractivity contribution in [3.63, 3.8) is 0 Å². The third-order valence-corrected chi connectivity index (χ3v) is 4.44. The molecule has 0 aromatic carbocycles. The lowest BCUT2D eigenvalue weighted by Crippen LogP contribution is -2.59. The van der Waals surface area contributed by atoms with Gasteiger partial charge in [-0.3, -0.25) is 4.98 Å². The van der Waals surface area contributed by atoms with Crippen molar-refractivity contribution in [1.82, 2.24) is 9.71 Å². The average Bonchev–Trinajstić information content (AvgIpc) is 2.23. The zero-order chi connectivity index (χ0) is 12.5. The Balaban J connectivity index is 2.20. The number of hydrogen-bond donors (Lipinski definition) is 1. The molecular weight excluding hydrogens is 236 g/mol. The number of hydrogen-bond acceptors (Lipinski definition) is 3. The Morgan fingerprint density at radius 2 is 2.18 bits per heavy atom. The highest BCUT2D eigenvalue weighted by atomic mass is 32.2. The molecule has 0 saturated carbocycles. The molecule has 1 aromatic rings. The first kappa shape index (κ1) is 12.7. The zero-order valence-corrected chi connectivity index (χ0v) is 11.2. The quantitative estimate of drug-likeness (QED) is 0.886. The monoisotopic (exact) mass is 254 g/mol. The second-order valence-corrected chi connectivity index (χ2v) is 7.27. The Labute approximate surface area is 104 Å². The molecule has 0 radical (unpaired) electrons. The van der Waals surface area contributed by atoms with Crippen LogP contribution in [-0.2, 0) is 21.3 Å². The van der Waals surface area contributed by atoms with E-state index >= 15 is 0 Å². The number of pyridine rings is 1. The Bertz CT molecular complexity index is 410. The molecule has 94 valence electrons. The van der Waals surface area contributed by atoms with Crippen LogP contribution in [-0.4, -0.2) is 27.2 Å². The third-order valence-electron chi connectivity index (χ3n) is 2.76. The Morgan fingerprint density at radius 3 is 2.59 bits per heavy atom. The van der Waals surface area contributed by atoms with E-state index in [1.165, 1.54) is 0 Å². The highest BCUT2D eigenvalue weighted by molar-refractivity contribution is 7.84. The van der Waals surface area contributed by atoms with Crippen LogP contribution in [0.4, 0.5) is 0 Å². The Morgan fingerprint density at radius 1 is 1.47 bits per heavy atom. The minimum Gasteiger partial charge on any atom is -0.377 e. The number of nitrogens with zero attached hydrogens (tertiary/aromatic N) is 1. The third kappa shape index (κ3) is 2.56. The van der Waals surface area contributed by atoms with Crippen molar-refractivity contribution in [2.45, 2.75) is 31.1 Å². The van der Waals surface area contributed by atoms with E-state index in [1.54, 1.807) is 12.4 Å². The van der Waals surface area contributed by atoms with Gasteiger partial charge in [0.2, 0.25) is 0 Å². The largest absolute Gasteiger partial charge is 0.377 e. The van der Waals surface area contributed by atoms with E-state index in [1.807, 2.05) is 32.9 Å². The van der Waals surface area contributed by atoms with Gasteiger partial charge in [-0.25, -0.2) is 8.93 Å². The molecule has 0 bridgehead atoms. The summed E-state index contributed by atoms with van der Waals surface area (Å²) in [5.41, 5.74) is 0.690. The van der Waals surface area contributed by atoms with Gasteiger partial charge in [-0.05, 0) is 32.4 Å². The maximum absolute atomic E-state index is 12.2. The first-order chi connectivity index (χ1) is 7.94. The molecule has 1 fully saturated rings. The molecule has 0 amide bonds. The van der Waals surface area contributed by atoms with Crippen LogP contribution in [0, 0.1) is 0 Å². The molecule has 2 heterocycles. The predicted molar refractivity (Wildman–Crippen MR) is 67.8 cm³/mol. The van der Waals surface area contributed by atoms with E-state index < -0.39 is 11.0 Å². The first-order valence-electron chi connectivity index (χ1n) is 5.62. The van der Waals surface area contributed by atoms with Crippen LogP contribution in [0.15, 0.2) is 24.5 Å². The summed E-state index contributed by atoms with van der Waals surface area (Å²) < 4.78 is 20.4. The summed E-state index contributed by atoms with van der Waals surface area (Å²) in [5, 5.41) is 0. The van der Waals surface area contributed by atoms with Gasteiger partial charge >= 0.3 is 0 Å². The maximum Gasteiger partial charge on any atom is 0.103 e. The smallest absolute Gasteiger partial charge is 0.103 e. The van der Waals surface area contributed by atoms with Crippen LogP contribution in [0.25, 0.3) is 0 Å². The minimum atomic E-state index is -1.11. The van der Waals surface area contributed by atoms with Crippen LogP contribution in [0.1, 0.15) is 26.3 Å². The van der Waals surface area contributed by atoms with Crippen molar-refractivity contribution in [1.29, 1.82) is 0 Å². The van der Waals surface area contributed by atoms with Crippen LogP contribution < -0.4 is 4.72 Å². The van der Waals surface area contributed by atoms with Gasteiger partial charge in [-0.1, -0.05) is 6.07 Å². The lowest BCUT2D eigenvalue weighted by atomic mass is 9.91. The standard InChI is InChI=1S/C12H18N2O2S/c1-11(2,3)17(15)14-12(8-16-9-12)10-5-4-6-13-7-10/h4-7,14H,8-9H2,1-3H3/t17-/m0/s1. The summed E-state index contributed by atoms with van der Waals surface area (Å²) in [5.74, 6) is 0. The molecule has 1 aliphatic heterocycles. The molecule has 5 heteroatoms. The van der Waals surface area contributed by atoms with E-state index in [4.69, 9.17) is 4.74 Å². The fourth-order valence-electron chi connectivity index (χ4n) is 1.57. The van der Waals surface area contributed by atoms with E-state index in [0.717, 1.165) is 5.56 Å². The van der Waals surface area contributed by atoms with E-state index in [-0.39, 0.29) is 10.3 Å². The van der Waals surface area contributed by atoms with Gasteiger partial charge < -0.3 is 4.74 Å². The summed E-state index contributed by atoms with van der Waals surface area (Å²) in [6.45, 7) is 6.94. The van der Waals surface area contributed by atoms with Gasteiger partial charge in [0.15, 0.2) is 0 Å². The molecular formula is C12H18N2O2S. The van der Waals surface area contributed by atoms with Crippen LogP contribution in [0.5, 0.6) is 0 Å². The van der Waals surface area contributed by atoms with Crippen LogP contribution in [0.3, 0.4) is 0 Å². The molecule has 1 saturated heterocycles. The fourth-order valence-corrected chi connectivity index (χ4v) is 2.46. The summed E-state index contributed by atoms with van der Waals surface area (Å²) >= 11 is 0. The van der Waals surface area contributed by atoms with Gasteiger partial charge in [0, 0.05) is 12.4 Å². The fraction of sp³-hybridized carbons (Fsp3) is 0.583. The highest BCUT2D eigenvalue weighted by Crippen LogP contribution is 2.30. The molecule has 4 nitrogen and oxygen atoms in total. The Hall–Kier alpha value is -0.780. The number of ether oxygens (including phenoxy) is 1. The van der Waals surface area contributed by atoms with Crippen molar-refractivity contribution in [3.8, 4) is 0 Å². The lowest BCUT2D eigenvalue weighted by molar-refractivity contribution is -0.0661. The van der Waals surface area contributed by atoms with Crippen molar-refractivity contribution in [3.05, 3.63) is 30.1 Å². The predicted octanol–water partition coefficient (Wildman–Crippen LogP) is 1.36. The summed E-state index contributed by atoms with van der Waals surface area (Å²) in [6.07, 6.45) is 3.53. The number of nitrogens with one attached hydrogen (secondary N) is 1. The first-order valence-corrected chi connectivity index (χ1v) is 6.77. The molecule has 1 atom stereocenters. The van der Waals surface area contributed by atoms with Gasteiger partial charge in [-0.2, -0.15) is 0 Å². The lowest BCUT2D eigenvalue weighted by Gasteiger charge is -2.43. The average molecular weight is 254 g/mol. The molecule has 0 aliphatic carbocycles. The maximum atomic E-state index is 12.2. The van der Waals surface area contributed by atoms with Crippen LogP contribution >= 0.6 is 0 Å². The van der Waals surface area contributed by atoms with E-state index in [9.17, 15) is 4.21 Å². The van der Waals surface area contributed by atoms with Crippen molar-refractivity contribution in [2.75, 3.05) is 13.2 Å². The Kier molecular flexibility index (Phi) is 3.34. The van der Waals surface area contributed by atoms with Gasteiger partial charge in [0.25, 0.3) is 0 Å². The summed E-state index contributed by atoms with van der Waals surface area (Å²) in [4.78, 5) is 4.11. The van der Waals surface area contributed by atoms with E-state index in [0.29, 0.717) is 13.2 Å². The van der Waals surface area contributed by atoms with Crippen molar-refractivity contribution < 1.29 is 8.95 Å². The summed E-state index contributed by atoms with van der Waals surface area (Å²) in [6, 6.07) is 3.87. The van der Waals surface area contributed by atoms with Gasteiger partial charge in [0.1, 0.15) is 5.54 Å². The van der Waals surface area contributed by atoms with Crippen LogP contribution in [0.2, 0.25) is 0 Å². The molecule has 17 heavy (non-hydrogen) atoms. The summed E-state index contributed by atoms with van der Waals surface area (Å²) in [7, 11) is -1.11. The van der Waals surface area contributed by atoms with Crippen molar-refractivity contribution >= 4 is 11.0 Å². The minimum absolute atomic E-state index is 0.287. The second kappa shape index (κ2) is 4.48. The molecule has 1 N–H and O–H groups in total.